The zero-order chi connectivity index (χ0) is 12.1. The van der Waals surface area contributed by atoms with Gasteiger partial charge in [-0.3, -0.25) is 9.88 Å². The summed E-state index contributed by atoms with van der Waals surface area (Å²) >= 11 is 0. The summed E-state index contributed by atoms with van der Waals surface area (Å²) in [6.45, 7) is 3.72. The van der Waals surface area contributed by atoms with Crippen LogP contribution >= 0.6 is 0 Å². The van der Waals surface area contributed by atoms with E-state index in [0.717, 1.165) is 32.2 Å². The number of hydrogen-bond donors (Lipinski definition) is 0. The molecule has 2 rings (SSSR count). The van der Waals surface area contributed by atoms with Crippen LogP contribution in [0.1, 0.15) is 31.0 Å². The van der Waals surface area contributed by atoms with E-state index in [-0.39, 0.29) is 0 Å². The van der Waals surface area contributed by atoms with Gasteiger partial charge in [-0.15, -0.1) is 0 Å². The van der Waals surface area contributed by atoms with Gasteiger partial charge in [0.25, 0.3) is 0 Å². The SMILES string of the molecule is CCCN(CC#N)C1CCc2cccnc2C1. The fourth-order valence-electron chi connectivity index (χ4n) is 2.61. The van der Waals surface area contributed by atoms with Crippen LogP contribution in [0.4, 0.5) is 0 Å². The molecule has 3 heteroatoms. The maximum Gasteiger partial charge on any atom is 0.0868 e. The fourth-order valence-corrected chi connectivity index (χ4v) is 2.61. The van der Waals surface area contributed by atoms with Crippen LogP contribution in [-0.2, 0) is 12.8 Å². The highest BCUT2D eigenvalue weighted by molar-refractivity contribution is 5.23. The Balaban J connectivity index is 2.07. The van der Waals surface area contributed by atoms with E-state index >= 15 is 0 Å². The molecule has 1 atom stereocenters. The second kappa shape index (κ2) is 5.79. The Labute approximate surface area is 103 Å². The lowest BCUT2D eigenvalue weighted by Gasteiger charge is -2.32. The summed E-state index contributed by atoms with van der Waals surface area (Å²) in [5.74, 6) is 0. The quantitative estimate of drug-likeness (QED) is 0.743. The molecule has 0 saturated carbocycles. The van der Waals surface area contributed by atoms with Crippen molar-refractivity contribution in [2.45, 2.75) is 38.6 Å². The van der Waals surface area contributed by atoms with Gasteiger partial charge in [0.2, 0.25) is 0 Å². The minimum atomic E-state index is 0.497. The molecule has 1 aromatic heterocycles. The van der Waals surface area contributed by atoms with Crippen LogP contribution in [0.15, 0.2) is 18.3 Å². The first kappa shape index (κ1) is 12.1. The van der Waals surface area contributed by atoms with Crippen molar-refractivity contribution < 1.29 is 0 Å². The lowest BCUT2D eigenvalue weighted by Crippen LogP contribution is -2.40. The first-order chi connectivity index (χ1) is 8.35. The van der Waals surface area contributed by atoms with Crippen molar-refractivity contribution in [2.75, 3.05) is 13.1 Å². The van der Waals surface area contributed by atoms with Crippen LogP contribution in [0.25, 0.3) is 0 Å². The maximum absolute atomic E-state index is 8.88. The summed E-state index contributed by atoms with van der Waals surface area (Å²) in [4.78, 5) is 6.77. The number of nitrogens with zero attached hydrogens (tertiary/aromatic N) is 3. The molecule has 1 unspecified atom stereocenters. The average Bonchev–Trinajstić information content (AvgIpc) is 2.38. The molecule has 17 heavy (non-hydrogen) atoms. The molecule has 1 aliphatic rings. The molecule has 0 bridgehead atoms. The van der Waals surface area contributed by atoms with Crippen molar-refractivity contribution in [3.05, 3.63) is 29.6 Å². The summed E-state index contributed by atoms with van der Waals surface area (Å²) < 4.78 is 0. The fraction of sp³-hybridized carbons (Fsp3) is 0.571. The van der Waals surface area contributed by atoms with Crippen molar-refractivity contribution >= 4 is 0 Å². The monoisotopic (exact) mass is 229 g/mol. The van der Waals surface area contributed by atoms with Gasteiger partial charge >= 0.3 is 0 Å². The number of nitriles is 1. The van der Waals surface area contributed by atoms with Gasteiger partial charge in [-0.2, -0.15) is 5.26 Å². The molecule has 0 aromatic carbocycles. The van der Waals surface area contributed by atoms with E-state index in [1.807, 2.05) is 12.3 Å². The third-order valence-corrected chi connectivity index (χ3v) is 3.46. The second-order valence-electron chi connectivity index (χ2n) is 4.63. The van der Waals surface area contributed by atoms with E-state index in [4.69, 9.17) is 5.26 Å². The number of fused-ring (bicyclic) bond motifs is 1. The highest BCUT2D eigenvalue weighted by Gasteiger charge is 2.24. The Morgan fingerprint density at radius 3 is 3.24 bits per heavy atom. The molecule has 0 spiro atoms. The predicted molar refractivity (Wildman–Crippen MR) is 67.5 cm³/mol. The van der Waals surface area contributed by atoms with Gasteiger partial charge in [0, 0.05) is 24.4 Å². The molecule has 3 nitrogen and oxygen atoms in total. The molecule has 0 saturated heterocycles. The predicted octanol–water partition coefficient (Wildman–Crippen LogP) is 2.17. The van der Waals surface area contributed by atoms with Crippen LogP contribution < -0.4 is 0 Å². The molecule has 90 valence electrons. The minimum Gasteiger partial charge on any atom is -0.287 e. The summed E-state index contributed by atoms with van der Waals surface area (Å²) in [5.41, 5.74) is 2.61. The van der Waals surface area contributed by atoms with E-state index in [1.54, 1.807) is 0 Å². The number of pyridine rings is 1. The lowest BCUT2D eigenvalue weighted by molar-refractivity contribution is 0.200. The van der Waals surface area contributed by atoms with E-state index < -0.39 is 0 Å². The van der Waals surface area contributed by atoms with Crippen molar-refractivity contribution in [2.24, 2.45) is 0 Å². The second-order valence-corrected chi connectivity index (χ2v) is 4.63. The van der Waals surface area contributed by atoms with Gasteiger partial charge in [-0.05, 0) is 37.4 Å². The van der Waals surface area contributed by atoms with Gasteiger partial charge < -0.3 is 0 Å². The van der Waals surface area contributed by atoms with Crippen LogP contribution in [0, 0.1) is 11.3 Å². The molecule has 0 aliphatic heterocycles. The van der Waals surface area contributed by atoms with E-state index in [0.29, 0.717) is 12.6 Å². The molecule has 0 fully saturated rings. The zero-order valence-electron chi connectivity index (χ0n) is 10.4. The lowest BCUT2D eigenvalue weighted by atomic mass is 9.91. The number of aryl methyl sites for hydroxylation is 1. The molecule has 0 amide bonds. The van der Waals surface area contributed by atoms with E-state index in [9.17, 15) is 0 Å². The van der Waals surface area contributed by atoms with E-state index in [2.05, 4.69) is 28.9 Å². The van der Waals surface area contributed by atoms with Gasteiger partial charge in [-0.1, -0.05) is 13.0 Å². The summed E-state index contributed by atoms with van der Waals surface area (Å²) in [6, 6.07) is 6.96. The third kappa shape index (κ3) is 2.83. The summed E-state index contributed by atoms with van der Waals surface area (Å²) in [6.07, 6.45) is 6.22. The summed E-state index contributed by atoms with van der Waals surface area (Å²) in [7, 11) is 0. The van der Waals surface area contributed by atoms with Crippen LogP contribution in [-0.4, -0.2) is 29.0 Å². The number of aromatic nitrogens is 1. The molecule has 1 heterocycles. The molecular formula is C14H19N3. The molecule has 1 aliphatic carbocycles. The third-order valence-electron chi connectivity index (χ3n) is 3.46. The molecule has 0 N–H and O–H groups in total. The Morgan fingerprint density at radius 1 is 1.59 bits per heavy atom. The number of rotatable bonds is 4. The van der Waals surface area contributed by atoms with Crippen molar-refractivity contribution in [3.8, 4) is 6.07 Å². The Kier molecular flexibility index (Phi) is 4.11. The Hall–Kier alpha value is -1.40. The maximum atomic E-state index is 8.88. The topological polar surface area (TPSA) is 39.9 Å². The van der Waals surface area contributed by atoms with Crippen LogP contribution in [0.2, 0.25) is 0 Å². The van der Waals surface area contributed by atoms with Crippen LogP contribution in [0.3, 0.4) is 0 Å². The Bertz CT molecular complexity index is 408. The van der Waals surface area contributed by atoms with Gasteiger partial charge in [-0.25, -0.2) is 0 Å². The Morgan fingerprint density at radius 2 is 2.47 bits per heavy atom. The van der Waals surface area contributed by atoms with Gasteiger partial charge in [0.05, 0.1) is 12.6 Å². The average molecular weight is 229 g/mol. The summed E-state index contributed by atoms with van der Waals surface area (Å²) in [5, 5.41) is 8.88. The van der Waals surface area contributed by atoms with Crippen molar-refractivity contribution in [1.29, 1.82) is 5.26 Å². The van der Waals surface area contributed by atoms with Gasteiger partial charge in [0.15, 0.2) is 0 Å². The molecular weight excluding hydrogens is 210 g/mol. The number of hydrogen-bond acceptors (Lipinski definition) is 3. The zero-order valence-corrected chi connectivity index (χ0v) is 10.4. The normalized spacial score (nSPS) is 18.8. The highest BCUT2D eigenvalue weighted by atomic mass is 15.1. The van der Waals surface area contributed by atoms with Crippen LogP contribution in [0.5, 0.6) is 0 Å². The largest absolute Gasteiger partial charge is 0.287 e. The van der Waals surface area contributed by atoms with Crippen molar-refractivity contribution in [1.82, 2.24) is 9.88 Å². The molecule has 1 aromatic rings. The van der Waals surface area contributed by atoms with E-state index in [1.165, 1.54) is 11.3 Å². The minimum absolute atomic E-state index is 0.497. The smallest absolute Gasteiger partial charge is 0.0868 e. The van der Waals surface area contributed by atoms with Gasteiger partial charge in [0.1, 0.15) is 0 Å². The standard InChI is InChI=1S/C14H19N3/c1-2-9-17(10-7-15)13-6-5-12-4-3-8-16-14(12)11-13/h3-4,8,13H,2,5-6,9-11H2,1H3. The highest BCUT2D eigenvalue weighted by Crippen LogP contribution is 2.22. The molecule has 0 radical (unpaired) electrons. The first-order valence-corrected chi connectivity index (χ1v) is 6.39. The first-order valence-electron chi connectivity index (χ1n) is 6.39. The van der Waals surface area contributed by atoms with Crippen molar-refractivity contribution in [3.63, 3.8) is 0 Å².